The Balaban J connectivity index is 1.38. The molecule has 2 amide bonds. The van der Waals surface area contributed by atoms with E-state index in [9.17, 15) is 14.7 Å². The van der Waals surface area contributed by atoms with Crippen LogP contribution in [0.5, 0.6) is 0 Å². The minimum atomic E-state index is -0.671. The second-order valence-corrected chi connectivity index (χ2v) is 10.1. The average molecular weight is 457 g/mol. The molecule has 3 atom stereocenters. The Bertz CT molecular complexity index is 954. The molecule has 8 heteroatoms. The number of rotatable bonds is 8. The Hall–Kier alpha value is -2.29. The van der Waals surface area contributed by atoms with Gasteiger partial charge in [-0.05, 0) is 36.8 Å². The fourth-order valence-corrected chi connectivity index (χ4v) is 5.15. The molecule has 32 heavy (non-hydrogen) atoms. The van der Waals surface area contributed by atoms with E-state index in [0.717, 1.165) is 34.5 Å². The van der Waals surface area contributed by atoms with E-state index in [1.165, 1.54) is 0 Å². The zero-order chi connectivity index (χ0) is 22.8. The van der Waals surface area contributed by atoms with Gasteiger partial charge in [-0.2, -0.15) is 0 Å². The second kappa shape index (κ2) is 9.68. The van der Waals surface area contributed by atoms with Gasteiger partial charge in [-0.15, -0.1) is 11.3 Å². The summed E-state index contributed by atoms with van der Waals surface area (Å²) in [7, 11) is 0. The summed E-state index contributed by atoms with van der Waals surface area (Å²) in [6.07, 6.45) is 1.66. The number of hydrogen-bond donors (Lipinski definition) is 3. The molecule has 3 N–H and O–H groups in total. The number of aryl methyl sites for hydroxylation is 1. The smallest absolute Gasteiger partial charge is 0.243 e. The molecule has 0 spiro atoms. The number of carbonyl (C=O) groups is 2. The van der Waals surface area contributed by atoms with Gasteiger partial charge in [0.15, 0.2) is 0 Å². The molecule has 0 radical (unpaired) electrons. The third-order valence-electron chi connectivity index (χ3n) is 6.17. The van der Waals surface area contributed by atoms with Crippen LogP contribution in [-0.4, -0.2) is 57.6 Å². The standard InChI is InChI=1S/C24H32N4O3S/c1-14(2)27-21(17-8-9-17)24(31)28-12-19(29)10-20(28)23(30)25-11-16-4-6-18(7-5-16)22-15(3)26-13-32-22/h4-7,13-14,17,19-21,27,29H,8-12H2,1-3H3,(H,25,30)/t19-,20+,21+/m1/s1. The van der Waals surface area contributed by atoms with Gasteiger partial charge >= 0.3 is 0 Å². The predicted octanol–water partition coefficient (Wildman–Crippen LogP) is 2.47. The van der Waals surface area contributed by atoms with Crippen molar-refractivity contribution in [3.05, 3.63) is 41.0 Å². The quantitative estimate of drug-likeness (QED) is 0.567. The Morgan fingerprint density at radius 3 is 2.56 bits per heavy atom. The van der Waals surface area contributed by atoms with Crippen LogP contribution in [0.25, 0.3) is 10.4 Å². The lowest BCUT2D eigenvalue weighted by atomic mass is 10.1. The van der Waals surface area contributed by atoms with E-state index >= 15 is 0 Å². The van der Waals surface area contributed by atoms with Gasteiger partial charge in [-0.1, -0.05) is 38.1 Å². The van der Waals surface area contributed by atoms with Crippen LogP contribution in [0.3, 0.4) is 0 Å². The lowest BCUT2D eigenvalue weighted by Crippen LogP contribution is -2.54. The molecule has 1 aliphatic heterocycles. The maximum Gasteiger partial charge on any atom is 0.243 e. The summed E-state index contributed by atoms with van der Waals surface area (Å²) >= 11 is 1.61. The van der Waals surface area contributed by atoms with Crippen LogP contribution in [0.2, 0.25) is 0 Å². The van der Waals surface area contributed by atoms with Crippen LogP contribution in [0.4, 0.5) is 0 Å². The maximum absolute atomic E-state index is 13.2. The van der Waals surface area contributed by atoms with Gasteiger partial charge in [0, 0.05) is 25.6 Å². The van der Waals surface area contributed by atoms with Crippen LogP contribution < -0.4 is 10.6 Å². The normalized spacial score (nSPS) is 21.7. The topological polar surface area (TPSA) is 94.6 Å². The molecule has 0 bridgehead atoms. The SMILES string of the molecule is Cc1ncsc1-c1ccc(CNC(=O)[C@@H]2C[C@@H](O)CN2C(=O)[C@@H](NC(C)C)C2CC2)cc1. The number of aliphatic hydroxyl groups excluding tert-OH is 1. The maximum atomic E-state index is 13.2. The van der Waals surface area contributed by atoms with Crippen molar-refractivity contribution < 1.29 is 14.7 Å². The highest BCUT2D eigenvalue weighted by molar-refractivity contribution is 7.13. The third kappa shape index (κ3) is 5.19. The van der Waals surface area contributed by atoms with Crippen molar-refractivity contribution in [2.24, 2.45) is 5.92 Å². The van der Waals surface area contributed by atoms with E-state index in [1.54, 1.807) is 16.2 Å². The van der Waals surface area contributed by atoms with Crippen LogP contribution in [0.15, 0.2) is 29.8 Å². The monoisotopic (exact) mass is 456 g/mol. The molecule has 2 heterocycles. The molecule has 172 valence electrons. The van der Waals surface area contributed by atoms with Gasteiger partial charge in [0.1, 0.15) is 6.04 Å². The zero-order valence-electron chi connectivity index (χ0n) is 18.9. The van der Waals surface area contributed by atoms with Gasteiger partial charge < -0.3 is 20.6 Å². The van der Waals surface area contributed by atoms with Gasteiger partial charge in [-0.3, -0.25) is 9.59 Å². The zero-order valence-corrected chi connectivity index (χ0v) is 19.7. The van der Waals surface area contributed by atoms with E-state index in [1.807, 2.05) is 50.5 Å². The molecule has 1 saturated heterocycles. The van der Waals surface area contributed by atoms with Gasteiger partial charge in [0.2, 0.25) is 11.8 Å². The molecule has 1 aliphatic carbocycles. The van der Waals surface area contributed by atoms with E-state index in [0.29, 0.717) is 12.5 Å². The van der Waals surface area contributed by atoms with Crippen molar-refractivity contribution in [1.29, 1.82) is 0 Å². The number of likely N-dealkylation sites (tertiary alicyclic amines) is 1. The van der Waals surface area contributed by atoms with Crippen molar-refractivity contribution in [3.63, 3.8) is 0 Å². The number of carbonyl (C=O) groups excluding carboxylic acids is 2. The molecule has 0 unspecified atom stereocenters. The highest BCUT2D eigenvalue weighted by atomic mass is 32.1. The molecule has 1 aromatic carbocycles. The molecule has 1 saturated carbocycles. The summed E-state index contributed by atoms with van der Waals surface area (Å²) < 4.78 is 0. The molecule has 2 fully saturated rings. The molecule has 1 aromatic heterocycles. The largest absolute Gasteiger partial charge is 0.391 e. The van der Waals surface area contributed by atoms with E-state index < -0.39 is 12.1 Å². The highest BCUT2D eigenvalue weighted by Crippen LogP contribution is 2.35. The fraction of sp³-hybridized carbons (Fsp3) is 0.542. The number of hydrogen-bond acceptors (Lipinski definition) is 6. The van der Waals surface area contributed by atoms with Crippen LogP contribution in [0, 0.1) is 12.8 Å². The first-order valence-corrected chi connectivity index (χ1v) is 12.2. The van der Waals surface area contributed by atoms with Crippen molar-refractivity contribution in [2.45, 2.75) is 70.8 Å². The third-order valence-corrected chi connectivity index (χ3v) is 7.14. The van der Waals surface area contributed by atoms with Gasteiger partial charge in [0.05, 0.1) is 28.2 Å². The number of nitrogens with zero attached hydrogens (tertiary/aromatic N) is 2. The number of aromatic nitrogens is 1. The molecular weight excluding hydrogens is 424 g/mol. The molecule has 2 aromatic rings. The van der Waals surface area contributed by atoms with E-state index in [2.05, 4.69) is 15.6 Å². The first kappa shape index (κ1) is 22.9. The Labute approximate surface area is 193 Å². The Morgan fingerprint density at radius 1 is 1.25 bits per heavy atom. The molecule has 4 rings (SSSR count). The number of aliphatic hydroxyl groups is 1. The Kier molecular flexibility index (Phi) is 6.93. The highest BCUT2D eigenvalue weighted by Gasteiger charge is 2.45. The first-order valence-electron chi connectivity index (χ1n) is 11.3. The van der Waals surface area contributed by atoms with Crippen molar-refractivity contribution >= 4 is 23.2 Å². The minimum absolute atomic E-state index is 0.0674. The van der Waals surface area contributed by atoms with Crippen molar-refractivity contribution in [3.8, 4) is 10.4 Å². The van der Waals surface area contributed by atoms with Crippen LogP contribution in [-0.2, 0) is 16.1 Å². The first-order chi connectivity index (χ1) is 15.3. The number of benzene rings is 1. The molecule has 7 nitrogen and oxygen atoms in total. The van der Waals surface area contributed by atoms with Crippen LogP contribution in [0.1, 0.15) is 44.4 Å². The van der Waals surface area contributed by atoms with Crippen molar-refractivity contribution in [2.75, 3.05) is 6.54 Å². The molecule has 2 aliphatic rings. The lowest BCUT2D eigenvalue weighted by Gasteiger charge is -2.29. The van der Waals surface area contributed by atoms with E-state index in [4.69, 9.17) is 0 Å². The summed E-state index contributed by atoms with van der Waals surface area (Å²) in [4.78, 5) is 33.2. The average Bonchev–Trinajstić information content (AvgIpc) is 3.40. The van der Waals surface area contributed by atoms with E-state index in [-0.39, 0.29) is 36.9 Å². The lowest BCUT2D eigenvalue weighted by molar-refractivity contribution is -0.140. The number of β-amino-alcohol motifs (C(OH)–C–C–N with tert-alkyl or cyclic N) is 1. The fourth-order valence-electron chi connectivity index (χ4n) is 4.34. The predicted molar refractivity (Wildman–Crippen MR) is 125 cm³/mol. The minimum Gasteiger partial charge on any atom is -0.391 e. The molecular formula is C24H32N4O3S. The summed E-state index contributed by atoms with van der Waals surface area (Å²) in [6.45, 7) is 6.63. The van der Waals surface area contributed by atoms with Gasteiger partial charge in [-0.25, -0.2) is 4.98 Å². The summed E-state index contributed by atoms with van der Waals surface area (Å²) in [5, 5.41) is 16.5. The van der Waals surface area contributed by atoms with Crippen molar-refractivity contribution in [1.82, 2.24) is 20.5 Å². The summed E-state index contributed by atoms with van der Waals surface area (Å²) in [5.41, 5.74) is 4.95. The summed E-state index contributed by atoms with van der Waals surface area (Å²) in [5.74, 6) is 0.0469. The Morgan fingerprint density at radius 2 is 1.97 bits per heavy atom. The number of nitrogens with one attached hydrogen (secondary N) is 2. The van der Waals surface area contributed by atoms with Crippen LogP contribution >= 0.6 is 11.3 Å². The number of thiazole rings is 1. The second-order valence-electron chi connectivity index (χ2n) is 9.21. The number of amides is 2. The van der Waals surface area contributed by atoms with Gasteiger partial charge in [0.25, 0.3) is 0 Å². The summed E-state index contributed by atoms with van der Waals surface area (Å²) in [6, 6.07) is 7.34.